The maximum absolute atomic E-state index is 4.79. The number of aromatic nitrogens is 3. The number of rotatable bonds is 5. The molecule has 2 aromatic rings. The van der Waals surface area contributed by atoms with Gasteiger partial charge in [-0.3, -0.25) is 0 Å². The summed E-state index contributed by atoms with van der Waals surface area (Å²) < 4.78 is 4.16. The van der Waals surface area contributed by atoms with Gasteiger partial charge >= 0.3 is 0 Å². The summed E-state index contributed by atoms with van der Waals surface area (Å²) in [6.45, 7) is 0.871. The molecule has 0 saturated heterocycles. The van der Waals surface area contributed by atoms with Crippen molar-refractivity contribution in [3.05, 3.63) is 34.7 Å². The molecule has 0 radical (unpaired) electrons. The van der Waals surface area contributed by atoms with Crippen LogP contribution < -0.4 is 4.90 Å². The molecule has 2 heterocycles. The van der Waals surface area contributed by atoms with Gasteiger partial charge in [0.2, 0.25) is 0 Å². The van der Waals surface area contributed by atoms with E-state index in [0.717, 1.165) is 18.2 Å². The molecular weight excluding hydrogens is 268 g/mol. The van der Waals surface area contributed by atoms with Crippen molar-refractivity contribution in [1.29, 1.82) is 0 Å². The first-order valence-corrected chi connectivity index (χ1v) is 8.06. The minimum absolute atomic E-state index is 0.615. The Balaban J connectivity index is 1.61. The topological polar surface area (TPSA) is 41.9 Å². The fraction of sp³-hybridized carbons (Fsp3) is 0.533. The Morgan fingerprint density at radius 3 is 2.65 bits per heavy atom. The van der Waals surface area contributed by atoms with Gasteiger partial charge in [0.1, 0.15) is 11.6 Å². The van der Waals surface area contributed by atoms with Crippen molar-refractivity contribution in [3.8, 4) is 0 Å². The van der Waals surface area contributed by atoms with Crippen molar-refractivity contribution in [3.63, 3.8) is 0 Å². The third-order valence-corrected chi connectivity index (χ3v) is 4.69. The van der Waals surface area contributed by atoms with E-state index in [2.05, 4.69) is 28.5 Å². The second kappa shape index (κ2) is 4.81. The summed E-state index contributed by atoms with van der Waals surface area (Å²) in [5, 5.41) is 0. The average Bonchev–Trinajstić information content (AvgIpc) is 3.37. The predicted molar refractivity (Wildman–Crippen MR) is 80.2 cm³/mol. The first-order chi connectivity index (χ1) is 9.79. The zero-order valence-electron chi connectivity index (χ0n) is 11.6. The van der Waals surface area contributed by atoms with Crippen molar-refractivity contribution in [2.75, 3.05) is 11.9 Å². The number of anilines is 1. The molecule has 0 amide bonds. The van der Waals surface area contributed by atoms with Gasteiger partial charge in [-0.1, -0.05) is 0 Å². The Morgan fingerprint density at radius 2 is 2.00 bits per heavy atom. The van der Waals surface area contributed by atoms with E-state index in [-0.39, 0.29) is 0 Å². The van der Waals surface area contributed by atoms with Crippen molar-refractivity contribution < 1.29 is 0 Å². The van der Waals surface area contributed by atoms with Crippen molar-refractivity contribution in [1.82, 2.24) is 14.3 Å². The van der Waals surface area contributed by atoms with Gasteiger partial charge in [-0.15, -0.1) is 0 Å². The van der Waals surface area contributed by atoms with Crippen LogP contribution in [0.1, 0.15) is 53.9 Å². The Morgan fingerprint density at radius 1 is 1.20 bits per heavy atom. The van der Waals surface area contributed by atoms with Gasteiger partial charge in [0.05, 0.1) is 6.54 Å². The molecule has 4 rings (SSSR count). The van der Waals surface area contributed by atoms with E-state index in [4.69, 9.17) is 9.97 Å². The monoisotopic (exact) mass is 286 g/mol. The van der Waals surface area contributed by atoms with Gasteiger partial charge in [-0.05, 0) is 43.3 Å². The molecule has 2 saturated carbocycles. The molecule has 4 nitrogen and oxygen atoms in total. The van der Waals surface area contributed by atoms with Crippen LogP contribution in [-0.4, -0.2) is 21.4 Å². The Hall–Kier alpha value is -1.49. The minimum Gasteiger partial charge on any atom is -0.354 e. The molecule has 2 aromatic heterocycles. The maximum atomic E-state index is 4.79. The summed E-state index contributed by atoms with van der Waals surface area (Å²) in [6, 6.07) is 4.26. The average molecular weight is 286 g/mol. The van der Waals surface area contributed by atoms with E-state index in [0.29, 0.717) is 11.8 Å². The number of hydrogen-bond acceptors (Lipinski definition) is 5. The molecule has 2 fully saturated rings. The molecule has 0 spiro atoms. The molecular formula is C15H18N4S. The van der Waals surface area contributed by atoms with Crippen LogP contribution in [0.5, 0.6) is 0 Å². The van der Waals surface area contributed by atoms with E-state index in [1.165, 1.54) is 36.3 Å². The highest BCUT2D eigenvalue weighted by molar-refractivity contribution is 7.05. The van der Waals surface area contributed by atoms with Crippen LogP contribution >= 0.6 is 11.5 Å². The van der Waals surface area contributed by atoms with Crippen molar-refractivity contribution in [2.24, 2.45) is 0 Å². The van der Waals surface area contributed by atoms with Crippen LogP contribution in [0.25, 0.3) is 0 Å². The van der Waals surface area contributed by atoms with Gasteiger partial charge in [0.15, 0.2) is 0 Å². The number of nitrogens with zero attached hydrogens (tertiary/aromatic N) is 4. The predicted octanol–water partition coefficient (Wildman–Crippen LogP) is 3.32. The largest absolute Gasteiger partial charge is 0.354 e. The summed E-state index contributed by atoms with van der Waals surface area (Å²) in [4.78, 5) is 13.1. The Bertz CT molecular complexity index is 572. The van der Waals surface area contributed by atoms with Gasteiger partial charge in [0.25, 0.3) is 0 Å². The van der Waals surface area contributed by atoms with E-state index >= 15 is 0 Å². The second-order valence-electron chi connectivity index (χ2n) is 5.89. The van der Waals surface area contributed by atoms with Crippen LogP contribution in [0.15, 0.2) is 18.3 Å². The highest BCUT2D eigenvalue weighted by Crippen LogP contribution is 2.43. The highest BCUT2D eigenvalue weighted by Gasteiger charge is 2.31. The Kier molecular flexibility index (Phi) is 2.95. The van der Waals surface area contributed by atoms with E-state index in [9.17, 15) is 0 Å². The first kappa shape index (κ1) is 12.3. The maximum Gasteiger partial charge on any atom is 0.134 e. The third-order valence-electron chi connectivity index (χ3n) is 3.96. The van der Waals surface area contributed by atoms with Crippen molar-refractivity contribution >= 4 is 17.4 Å². The molecule has 5 heteroatoms. The molecule has 2 aliphatic carbocycles. The molecule has 0 bridgehead atoms. The van der Waals surface area contributed by atoms with Crippen LogP contribution in [0.2, 0.25) is 0 Å². The highest BCUT2D eigenvalue weighted by atomic mass is 32.1. The van der Waals surface area contributed by atoms with Crippen LogP contribution in [-0.2, 0) is 6.54 Å². The van der Waals surface area contributed by atoms with Crippen LogP contribution in [0.4, 0.5) is 5.82 Å². The van der Waals surface area contributed by atoms with Crippen LogP contribution in [0.3, 0.4) is 0 Å². The standard InChI is InChI=1S/C15H18N4S/c1-19(9-12-6-7-16-20-12)14-8-13(10-2-3-10)17-15(18-14)11-4-5-11/h6-8,10-11H,2-5,9H2,1H3. The van der Waals surface area contributed by atoms with E-state index in [1.54, 1.807) is 11.5 Å². The lowest BCUT2D eigenvalue weighted by Crippen LogP contribution is -2.18. The molecule has 2 aliphatic rings. The minimum atomic E-state index is 0.615. The number of hydrogen-bond donors (Lipinski definition) is 0. The lowest BCUT2D eigenvalue weighted by molar-refractivity contribution is 0.832. The molecule has 20 heavy (non-hydrogen) atoms. The van der Waals surface area contributed by atoms with Gasteiger partial charge in [-0.2, -0.15) is 0 Å². The smallest absolute Gasteiger partial charge is 0.134 e. The molecule has 0 unspecified atom stereocenters. The fourth-order valence-electron chi connectivity index (χ4n) is 2.42. The Labute approximate surface area is 123 Å². The molecule has 0 atom stereocenters. The summed E-state index contributed by atoms with van der Waals surface area (Å²) in [5.41, 5.74) is 1.26. The van der Waals surface area contributed by atoms with E-state index in [1.807, 2.05) is 6.20 Å². The van der Waals surface area contributed by atoms with Gasteiger partial charge < -0.3 is 4.90 Å². The molecule has 0 aromatic carbocycles. The van der Waals surface area contributed by atoms with Crippen LogP contribution in [0, 0.1) is 0 Å². The molecule has 0 N–H and O–H groups in total. The van der Waals surface area contributed by atoms with Crippen molar-refractivity contribution in [2.45, 2.75) is 44.1 Å². The SMILES string of the molecule is CN(Cc1ccns1)c1cc(C2CC2)nc(C2CC2)n1. The normalized spacial score (nSPS) is 18.2. The summed E-state index contributed by atoms with van der Waals surface area (Å²) >= 11 is 1.56. The van der Waals surface area contributed by atoms with E-state index < -0.39 is 0 Å². The molecule has 104 valence electrons. The lowest BCUT2D eigenvalue weighted by Gasteiger charge is -2.18. The van der Waals surface area contributed by atoms with Gasteiger partial charge in [0, 0.05) is 41.7 Å². The second-order valence-corrected chi connectivity index (χ2v) is 6.81. The lowest BCUT2D eigenvalue weighted by atomic mass is 10.2. The third kappa shape index (κ3) is 2.54. The fourth-order valence-corrected chi connectivity index (χ4v) is 3.05. The zero-order chi connectivity index (χ0) is 13.5. The first-order valence-electron chi connectivity index (χ1n) is 7.29. The summed E-state index contributed by atoms with van der Waals surface area (Å²) in [5.74, 6) is 3.44. The van der Waals surface area contributed by atoms with Gasteiger partial charge in [-0.25, -0.2) is 14.3 Å². The molecule has 0 aliphatic heterocycles. The summed E-state index contributed by atoms with van der Waals surface area (Å²) in [6.07, 6.45) is 6.95. The zero-order valence-corrected chi connectivity index (χ0v) is 12.4. The quantitative estimate of drug-likeness (QED) is 0.845. The summed E-state index contributed by atoms with van der Waals surface area (Å²) in [7, 11) is 2.11.